The second-order valence-corrected chi connectivity index (χ2v) is 3.57. The van der Waals surface area contributed by atoms with Crippen LogP contribution in [0.5, 0.6) is 0 Å². The molecule has 0 saturated carbocycles. The lowest BCUT2D eigenvalue weighted by molar-refractivity contribution is 0.579. The predicted molar refractivity (Wildman–Crippen MR) is 63.8 cm³/mol. The molecule has 2 aromatic heterocycles. The Hall–Kier alpha value is -2.34. The summed E-state index contributed by atoms with van der Waals surface area (Å²) < 4.78 is 5.29. The molecule has 6 nitrogen and oxygen atoms in total. The fraction of sp³-hybridized carbons (Fsp3) is 0.0909. The van der Waals surface area contributed by atoms with E-state index in [-0.39, 0.29) is 0 Å². The molecule has 6 heteroatoms. The number of rotatable bonds is 2. The van der Waals surface area contributed by atoms with Crippen LogP contribution in [0.2, 0.25) is 0 Å². The van der Waals surface area contributed by atoms with E-state index in [1.807, 2.05) is 18.3 Å². The Kier molecular flexibility index (Phi) is 2.27. The van der Waals surface area contributed by atoms with Crippen molar-refractivity contribution in [1.82, 2.24) is 15.4 Å². The van der Waals surface area contributed by atoms with E-state index in [9.17, 15) is 0 Å². The number of hydrazine groups is 1. The van der Waals surface area contributed by atoms with Gasteiger partial charge < -0.3 is 10.2 Å². The van der Waals surface area contributed by atoms with Gasteiger partial charge in [-0.2, -0.15) is 4.98 Å². The highest BCUT2D eigenvalue weighted by Crippen LogP contribution is 2.22. The van der Waals surface area contributed by atoms with Crippen LogP contribution >= 0.6 is 0 Å². The first-order chi connectivity index (χ1) is 8.33. The minimum absolute atomic E-state index is 0.406. The molecule has 3 rings (SSSR count). The molecule has 3 N–H and O–H groups in total. The Morgan fingerprint density at radius 3 is 3.06 bits per heavy atom. The van der Waals surface area contributed by atoms with E-state index in [1.54, 1.807) is 23.4 Å². The summed E-state index contributed by atoms with van der Waals surface area (Å²) in [5, 5.41) is 1.72. The third-order valence-electron chi connectivity index (χ3n) is 2.36. The molecule has 2 aromatic rings. The highest BCUT2D eigenvalue weighted by atomic mass is 16.3. The number of furan rings is 1. The highest BCUT2D eigenvalue weighted by molar-refractivity contribution is 5.59. The van der Waals surface area contributed by atoms with E-state index in [0.717, 1.165) is 6.54 Å². The van der Waals surface area contributed by atoms with Crippen LogP contribution in [0.25, 0.3) is 11.5 Å². The summed E-state index contributed by atoms with van der Waals surface area (Å²) in [5.74, 6) is 1.58. The Labute approximate surface area is 97.7 Å². The summed E-state index contributed by atoms with van der Waals surface area (Å²) in [4.78, 5) is 8.55. The monoisotopic (exact) mass is 229 g/mol. The lowest BCUT2D eigenvalue weighted by Crippen LogP contribution is -2.30. The number of nitrogens with one attached hydrogen (secondary N) is 1. The zero-order valence-electron chi connectivity index (χ0n) is 9.00. The lowest BCUT2D eigenvalue weighted by atomic mass is 10.3. The number of nitrogen functional groups attached to an aromatic ring is 1. The highest BCUT2D eigenvalue weighted by Gasteiger charge is 2.13. The van der Waals surface area contributed by atoms with Gasteiger partial charge in [-0.3, -0.25) is 5.01 Å². The van der Waals surface area contributed by atoms with Gasteiger partial charge in [-0.1, -0.05) is 6.08 Å². The zero-order valence-corrected chi connectivity index (χ0v) is 9.00. The minimum atomic E-state index is 0.406. The Bertz CT molecular complexity index is 549. The van der Waals surface area contributed by atoms with Gasteiger partial charge in [-0.15, -0.1) is 0 Å². The number of nitrogens with zero attached hydrogens (tertiary/aromatic N) is 3. The smallest absolute Gasteiger partial charge is 0.246 e. The van der Waals surface area contributed by atoms with E-state index in [2.05, 4.69) is 15.4 Å². The van der Waals surface area contributed by atoms with Gasteiger partial charge in [0, 0.05) is 18.8 Å². The van der Waals surface area contributed by atoms with Gasteiger partial charge in [0.15, 0.2) is 5.76 Å². The largest absolute Gasteiger partial charge is 0.463 e. The van der Waals surface area contributed by atoms with Gasteiger partial charge in [0.25, 0.3) is 0 Å². The number of anilines is 2. The molecular formula is C11H11N5O. The van der Waals surface area contributed by atoms with Crippen molar-refractivity contribution in [2.75, 3.05) is 17.3 Å². The first-order valence-electron chi connectivity index (χ1n) is 5.21. The summed E-state index contributed by atoms with van der Waals surface area (Å²) >= 11 is 0. The second-order valence-electron chi connectivity index (χ2n) is 3.57. The molecule has 0 radical (unpaired) electrons. The van der Waals surface area contributed by atoms with E-state index >= 15 is 0 Å². The fourth-order valence-corrected chi connectivity index (χ4v) is 1.61. The second kappa shape index (κ2) is 3.91. The maximum Gasteiger partial charge on any atom is 0.246 e. The van der Waals surface area contributed by atoms with Crippen molar-refractivity contribution >= 4 is 11.8 Å². The standard InChI is InChI=1S/C11H11N5O/c12-10-7-8(9-3-1-6-17-9)14-11(15-10)16-5-2-4-13-16/h1-3,5-7,13H,4H2,(H2,12,14,15). The summed E-state index contributed by atoms with van der Waals surface area (Å²) in [6, 6.07) is 5.32. The summed E-state index contributed by atoms with van der Waals surface area (Å²) in [6.07, 6.45) is 5.43. The molecule has 0 atom stereocenters. The Morgan fingerprint density at radius 2 is 2.35 bits per heavy atom. The van der Waals surface area contributed by atoms with E-state index in [4.69, 9.17) is 10.2 Å². The molecule has 0 amide bonds. The van der Waals surface area contributed by atoms with Crippen molar-refractivity contribution in [3.05, 3.63) is 36.7 Å². The number of nitrogens with two attached hydrogens (primary N) is 1. The van der Waals surface area contributed by atoms with E-state index in [0.29, 0.717) is 23.2 Å². The van der Waals surface area contributed by atoms with E-state index in [1.165, 1.54) is 0 Å². The van der Waals surface area contributed by atoms with Crippen molar-refractivity contribution in [1.29, 1.82) is 0 Å². The van der Waals surface area contributed by atoms with Crippen LogP contribution in [-0.2, 0) is 0 Å². The van der Waals surface area contributed by atoms with Gasteiger partial charge in [-0.25, -0.2) is 10.4 Å². The van der Waals surface area contributed by atoms with Crippen LogP contribution in [0.1, 0.15) is 0 Å². The molecule has 86 valence electrons. The summed E-state index contributed by atoms with van der Waals surface area (Å²) in [7, 11) is 0. The molecule has 0 bridgehead atoms. The SMILES string of the molecule is Nc1cc(-c2ccco2)nc(N2C=CCN2)n1. The summed E-state index contributed by atoms with van der Waals surface area (Å²) in [5.41, 5.74) is 9.51. The topological polar surface area (TPSA) is 80.2 Å². The van der Waals surface area contributed by atoms with Crippen LogP contribution in [0.15, 0.2) is 41.2 Å². The molecule has 0 unspecified atom stereocenters. The average Bonchev–Trinajstić information content (AvgIpc) is 3.02. The molecule has 1 aliphatic heterocycles. The van der Waals surface area contributed by atoms with Crippen LogP contribution in [-0.4, -0.2) is 16.5 Å². The van der Waals surface area contributed by atoms with Gasteiger partial charge in [-0.05, 0) is 12.1 Å². The first kappa shape index (κ1) is 9.86. The van der Waals surface area contributed by atoms with Crippen LogP contribution in [0, 0.1) is 0 Å². The van der Waals surface area contributed by atoms with Crippen molar-refractivity contribution in [3.8, 4) is 11.5 Å². The molecule has 0 aliphatic carbocycles. The zero-order chi connectivity index (χ0) is 11.7. The van der Waals surface area contributed by atoms with E-state index < -0.39 is 0 Å². The van der Waals surface area contributed by atoms with Gasteiger partial charge in [0.2, 0.25) is 5.95 Å². The van der Waals surface area contributed by atoms with Gasteiger partial charge in [0.1, 0.15) is 11.5 Å². The average molecular weight is 229 g/mol. The van der Waals surface area contributed by atoms with Crippen LogP contribution in [0.3, 0.4) is 0 Å². The molecule has 0 aromatic carbocycles. The van der Waals surface area contributed by atoms with Crippen molar-refractivity contribution in [3.63, 3.8) is 0 Å². The van der Waals surface area contributed by atoms with Gasteiger partial charge in [0.05, 0.1) is 6.26 Å². The Balaban J connectivity index is 2.03. The molecule has 0 spiro atoms. The maximum absolute atomic E-state index is 5.76. The molecule has 1 aliphatic rings. The van der Waals surface area contributed by atoms with Crippen molar-refractivity contribution in [2.24, 2.45) is 0 Å². The van der Waals surface area contributed by atoms with Crippen LogP contribution in [0.4, 0.5) is 11.8 Å². The quantitative estimate of drug-likeness (QED) is 0.804. The molecule has 0 saturated heterocycles. The first-order valence-corrected chi connectivity index (χ1v) is 5.21. The fourth-order valence-electron chi connectivity index (χ4n) is 1.61. The molecule has 0 fully saturated rings. The number of hydrogen-bond donors (Lipinski definition) is 2. The van der Waals surface area contributed by atoms with Crippen molar-refractivity contribution in [2.45, 2.75) is 0 Å². The number of aromatic nitrogens is 2. The summed E-state index contributed by atoms with van der Waals surface area (Å²) in [6.45, 7) is 0.758. The molecular weight excluding hydrogens is 218 g/mol. The maximum atomic E-state index is 5.76. The van der Waals surface area contributed by atoms with Crippen LogP contribution < -0.4 is 16.2 Å². The minimum Gasteiger partial charge on any atom is -0.463 e. The van der Waals surface area contributed by atoms with Gasteiger partial charge >= 0.3 is 0 Å². The molecule has 17 heavy (non-hydrogen) atoms. The lowest BCUT2D eigenvalue weighted by Gasteiger charge is -2.14. The predicted octanol–water partition coefficient (Wildman–Crippen LogP) is 1.16. The third kappa shape index (κ3) is 1.85. The Morgan fingerprint density at radius 1 is 1.41 bits per heavy atom. The number of hydrogen-bond acceptors (Lipinski definition) is 6. The third-order valence-corrected chi connectivity index (χ3v) is 2.36. The normalized spacial score (nSPS) is 14.5. The van der Waals surface area contributed by atoms with Crippen molar-refractivity contribution < 1.29 is 4.42 Å². The molecule has 3 heterocycles.